The molecule has 0 bridgehead atoms. The van der Waals surface area contributed by atoms with E-state index in [1.54, 1.807) is 0 Å². The van der Waals surface area contributed by atoms with Crippen molar-refractivity contribution in [3.05, 3.63) is 35.4 Å². The van der Waals surface area contributed by atoms with E-state index in [-0.39, 0.29) is 0 Å². The van der Waals surface area contributed by atoms with Gasteiger partial charge in [0.2, 0.25) is 0 Å². The van der Waals surface area contributed by atoms with Crippen molar-refractivity contribution in [3.63, 3.8) is 0 Å². The molecular weight excluding hydrogens is 188 g/mol. The van der Waals surface area contributed by atoms with Crippen LogP contribution in [0.5, 0.6) is 0 Å². The number of aryl methyl sites for hydroxylation is 1. The molecule has 0 amide bonds. The molecule has 0 aliphatic carbocycles. The summed E-state index contributed by atoms with van der Waals surface area (Å²) in [6.07, 6.45) is 1.33. The third kappa shape index (κ3) is 3.33. The highest BCUT2D eigenvalue weighted by molar-refractivity contribution is 5.24. The van der Waals surface area contributed by atoms with Gasteiger partial charge in [-0.1, -0.05) is 44.5 Å². The Hall–Kier alpha value is -0.860. The lowest BCUT2D eigenvalue weighted by atomic mass is 10.0. The minimum atomic E-state index is -0.759. The molecular formula is C13H20O2. The lowest BCUT2D eigenvalue weighted by molar-refractivity contribution is 0.0165. The first kappa shape index (κ1) is 12.2. The summed E-state index contributed by atoms with van der Waals surface area (Å²) in [6, 6.07) is 7.83. The van der Waals surface area contributed by atoms with Crippen molar-refractivity contribution >= 4 is 0 Å². The van der Waals surface area contributed by atoms with Gasteiger partial charge in [-0.25, -0.2) is 0 Å². The van der Waals surface area contributed by atoms with Crippen LogP contribution < -0.4 is 0 Å². The van der Waals surface area contributed by atoms with E-state index in [9.17, 15) is 10.2 Å². The lowest BCUT2D eigenvalue weighted by Crippen LogP contribution is -2.16. The van der Waals surface area contributed by atoms with Crippen LogP contribution in [0.3, 0.4) is 0 Å². The van der Waals surface area contributed by atoms with E-state index >= 15 is 0 Å². The largest absolute Gasteiger partial charge is 0.390 e. The van der Waals surface area contributed by atoms with Gasteiger partial charge < -0.3 is 10.2 Å². The molecule has 0 aliphatic heterocycles. The van der Waals surface area contributed by atoms with Gasteiger partial charge in [-0.05, 0) is 24.0 Å². The molecule has 1 aromatic rings. The van der Waals surface area contributed by atoms with Crippen LogP contribution in [0, 0.1) is 0 Å². The van der Waals surface area contributed by atoms with Gasteiger partial charge in [-0.3, -0.25) is 0 Å². The van der Waals surface area contributed by atoms with Gasteiger partial charge in [0.15, 0.2) is 0 Å². The fourth-order valence-corrected chi connectivity index (χ4v) is 1.62. The standard InChI is InChI=1S/C13H20O2/c1-3-5-10-6-8-11(9-7-10)13(15)12(14)4-2/h6-9,12-15H,3-5H2,1-2H3. The molecule has 0 saturated heterocycles. The Morgan fingerprint density at radius 3 is 2.13 bits per heavy atom. The zero-order valence-electron chi connectivity index (χ0n) is 9.48. The average molecular weight is 208 g/mol. The Morgan fingerprint density at radius 2 is 1.67 bits per heavy atom. The van der Waals surface area contributed by atoms with Crippen molar-refractivity contribution in [2.45, 2.75) is 45.3 Å². The van der Waals surface area contributed by atoms with Gasteiger partial charge >= 0.3 is 0 Å². The van der Waals surface area contributed by atoms with Gasteiger partial charge in [0.1, 0.15) is 6.10 Å². The highest BCUT2D eigenvalue weighted by atomic mass is 16.3. The van der Waals surface area contributed by atoms with Crippen LogP contribution >= 0.6 is 0 Å². The van der Waals surface area contributed by atoms with E-state index in [1.807, 2.05) is 31.2 Å². The molecule has 0 aliphatic rings. The molecule has 0 saturated carbocycles. The predicted molar refractivity (Wildman–Crippen MR) is 61.7 cm³/mol. The first-order chi connectivity index (χ1) is 7.19. The zero-order chi connectivity index (χ0) is 11.3. The Morgan fingerprint density at radius 1 is 1.07 bits per heavy atom. The van der Waals surface area contributed by atoms with E-state index < -0.39 is 12.2 Å². The fraction of sp³-hybridized carbons (Fsp3) is 0.538. The molecule has 0 fully saturated rings. The normalized spacial score (nSPS) is 14.9. The second kappa shape index (κ2) is 5.89. The SMILES string of the molecule is CCCc1ccc(C(O)C(O)CC)cc1. The van der Waals surface area contributed by atoms with E-state index in [0.29, 0.717) is 6.42 Å². The van der Waals surface area contributed by atoms with Crippen LogP contribution in [0.4, 0.5) is 0 Å². The molecule has 0 radical (unpaired) electrons. The molecule has 2 atom stereocenters. The molecule has 0 heterocycles. The van der Waals surface area contributed by atoms with E-state index in [0.717, 1.165) is 18.4 Å². The molecule has 2 heteroatoms. The van der Waals surface area contributed by atoms with Crippen molar-refractivity contribution in [2.75, 3.05) is 0 Å². The first-order valence-corrected chi connectivity index (χ1v) is 5.64. The molecule has 1 rings (SSSR count). The van der Waals surface area contributed by atoms with Gasteiger partial charge in [0.05, 0.1) is 6.10 Å². The minimum absolute atomic E-state index is 0.567. The summed E-state index contributed by atoms with van der Waals surface area (Å²) in [4.78, 5) is 0. The van der Waals surface area contributed by atoms with Crippen molar-refractivity contribution in [2.24, 2.45) is 0 Å². The van der Waals surface area contributed by atoms with Crippen LogP contribution in [0.2, 0.25) is 0 Å². The Labute approximate surface area is 91.6 Å². The summed E-state index contributed by atoms with van der Waals surface area (Å²) in [7, 11) is 0. The number of hydrogen-bond acceptors (Lipinski definition) is 2. The smallest absolute Gasteiger partial charge is 0.105 e. The number of hydrogen-bond donors (Lipinski definition) is 2. The zero-order valence-corrected chi connectivity index (χ0v) is 9.48. The van der Waals surface area contributed by atoms with Crippen molar-refractivity contribution in [1.29, 1.82) is 0 Å². The van der Waals surface area contributed by atoms with Crippen LogP contribution in [-0.4, -0.2) is 16.3 Å². The summed E-state index contributed by atoms with van der Waals surface area (Å²) in [5.41, 5.74) is 2.07. The molecule has 1 aromatic carbocycles. The second-order valence-electron chi connectivity index (χ2n) is 3.91. The van der Waals surface area contributed by atoms with Crippen LogP contribution in [0.1, 0.15) is 43.9 Å². The van der Waals surface area contributed by atoms with Gasteiger partial charge in [-0.15, -0.1) is 0 Å². The second-order valence-corrected chi connectivity index (χ2v) is 3.91. The summed E-state index contributed by atoms with van der Waals surface area (Å²) in [6.45, 7) is 4.00. The quantitative estimate of drug-likeness (QED) is 0.780. The third-order valence-corrected chi connectivity index (χ3v) is 2.64. The Balaban J connectivity index is 2.70. The number of rotatable bonds is 5. The molecule has 15 heavy (non-hydrogen) atoms. The number of aliphatic hydroxyl groups is 2. The Kier molecular flexibility index (Phi) is 4.79. The summed E-state index contributed by atoms with van der Waals surface area (Å²) in [5.74, 6) is 0. The predicted octanol–water partition coefficient (Wildman–Crippen LogP) is 2.44. The molecule has 84 valence electrons. The topological polar surface area (TPSA) is 40.5 Å². The van der Waals surface area contributed by atoms with Crippen LogP contribution in [-0.2, 0) is 6.42 Å². The molecule has 0 spiro atoms. The molecule has 2 nitrogen and oxygen atoms in total. The summed E-state index contributed by atoms with van der Waals surface area (Å²) < 4.78 is 0. The first-order valence-electron chi connectivity index (χ1n) is 5.64. The lowest BCUT2D eigenvalue weighted by Gasteiger charge is -2.16. The minimum Gasteiger partial charge on any atom is -0.390 e. The molecule has 2 N–H and O–H groups in total. The maximum absolute atomic E-state index is 9.76. The molecule has 2 unspecified atom stereocenters. The van der Waals surface area contributed by atoms with Gasteiger partial charge in [0, 0.05) is 0 Å². The molecule has 0 aromatic heterocycles. The third-order valence-electron chi connectivity index (χ3n) is 2.64. The number of aliphatic hydroxyl groups excluding tert-OH is 2. The van der Waals surface area contributed by atoms with Gasteiger partial charge in [0.25, 0.3) is 0 Å². The van der Waals surface area contributed by atoms with Crippen LogP contribution in [0.25, 0.3) is 0 Å². The van der Waals surface area contributed by atoms with Crippen LogP contribution in [0.15, 0.2) is 24.3 Å². The monoisotopic (exact) mass is 208 g/mol. The van der Waals surface area contributed by atoms with Gasteiger partial charge in [-0.2, -0.15) is 0 Å². The van der Waals surface area contributed by atoms with E-state index in [2.05, 4.69) is 6.92 Å². The van der Waals surface area contributed by atoms with Crippen molar-refractivity contribution < 1.29 is 10.2 Å². The summed E-state index contributed by atoms with van der Waals surface area (Å²) in [5, 5.41) is 19.3. The Bertz CT molecular complexity index is 279. The maximum Gasteiger partial charge on any atom is 0.105 e. The van der Waals surface area contributed by atoms with E-state index in [4.69, 9.17) is 0 Å². The van der Waals surface area contributed by atoms with E-state index in [1.165, 1.54) is 5.56 Å². The number of benzene rings is 1. The highest BCUT2D eigenvalue weighted by Gasteiger charge is 2.15. The summed E-state index contributed by atoms with van der Waals surface area (Å²) >= 11 is 0. The van der Waals surface area contributed by atoms with Crippen molar-refractivity contribution in [1.82, 2.24) is 0 Å². The average Bonchev–Trinajstić information content (AvgIpc) is 2.28. The highest BCUT2D eigenvalue weighted by Crippen LogP contribution is 2.19. The maximum atomic E-state index is 9.76. The fourth-order valence-electron chi connectivity index (χ4n) is 1.62. The van der Waals surface area contributed by atoms with Crippen molar-refractivity contribution in [3.8, 4) is 0 Å².